The fourth-order valence-electron chi connectivity index (χ4n) is 3.53. The van der Waals surface area contributed by atoms with E-state index in [1.165, 1.54) is 6.26 Å². The molecule has 1 aromatic heterocycles. The van der Waals surface area contributed by atoms with Crippen molar-refractivity contribution in [3.63, 3.8) is 0 Å². The lowest BCUT2D eigenvalue weighted by Gasteiger charge is -2.22. The van der Waals surface area contributed by atoms with Crippen molar-refractivity contribution in [1.82, 2.24) is 16.0 Å². The summed E-state index contributed by atoms with van der Waals surface area (Å²) in [5.41, 5.74) is 2.47. The Kier molecular flexibility index (Phi) is 7.27. The molecule has 4 rings (SSSR count). The molecule has 1 aliphatic rings. The number of hydrogen-bond acceptors (Lipinski definition) is 4. The molecule has 176 valence electrons. The smallest absolute Gasteiger partial charge is 0.319 e. The Balaban J connectivity index is 1.39. The third-order valence-corrected chi connectivity index (χ3v) is 5.59. The van der Waals surface area contributed by atoms with E-state index in [4.69, 9.17) is 4.42 Å². The van der Waals surface area contributed by atoms with Crippen molar-refractivity contribution in [3.05, 3.63) is 89.9 Å². The van der Waals surface area contributed by atoms with Crippen LogP contribution >= 0.6 is 0 Å². The van der Waals surface area contributed by atoms with Crippen LogP contribution in [0.3, 0.4) is 0 Å². The number of urea groups is 1. The first kappa shape index (κ1) is 23.1. The molecule has 0 aliphatic heterocycles. The van der Waals surface area contributed by atoms with E-state index in [1.807, 2.05) is 49.4 Å². The van der Waals surface area contributed by atoms with Crippen LogP contribution in [0.4, 0.5) is 10.5 Å². The normalized spacial score (nSPS) is 14.5. The second-order valence-electron chi connectivity index (χ2n) is 8.42. The third kappa shape index (κ3) is 6.48. The molecule has 2 atom stereocenters. The van der Waals surface area contributed by atoms with E-state index < -0.39 is 11.9 Å². The predicted molar refractivity (Wildman–Crippen MR) is 128 cm³/mol. The standard InChI is InChI=1S/C26H28N4O4/c1-17(19-9-11-20(12-10-19)28-26(33)29-21-13-14-21)27-24(31)22(16-18-6-3-2-4-7-18)30-25(32)23-8-5-15-34-23/h2-12,15,17,21-22H,13-14,16H2,1H3,(H,27,31)(H,30,32)(H2,28,29,33). The number of nitrogens with one attached hydrogen (secondary N) is 4. The van der Waals surface area contributed by atoms with Crippen LogP contribution in [0.15, 0.2) is 77.4 Å². The summed E-state index contributed by atoms with van der Waals surface area (Å²) in [6, 6.07) is 19.0. The second-order valence-corrected chi connectivity index (χ2v) is 8.42. The summed E-state index contributed by atoms with van der Waals surface area (Å²) in [5.74, 6) is -0.608. The van der Waals surface area contributed by atoms with Gasteiger partial charge in [-0.3, -0.25) is 9.59 Å². The Morgan fingerprint density at radius 1 is 0.941 bits per heavy atom. The van der Waals surface area contributed by atoms with E-state index in [0.29, 0.717) is 12.1 Å². The number of carbonyl (C=O) groups excluding carboxylic acids is 3. The molecule has 2 aromatic carbocycles. The molecule has 1 fully saturated rings. The maximum atomic E-state index is 13.1. The zero-order valence-electron chi connectivity index (χ0n) is 18.9. The van der Waals surface area contributed by atoms with Gasteiger partial charge in [0.1, 0.15) is 6.04 Å². The minimum absolute atomic E-state index is 0.146. The number of benzene rings is 2. The van der Waals surface area contributed by atoms with Gasteiger partial charge in [-0.2, -0.15) is 0 Å². The Morgan fingerprint density at radius 2 is 1.68 bits per heavy atom. The lowest BCUT2D eigenvalue weighted by atomic mass is 10.0. The average molecular weight is 461 g/mol. The van der Waals surface area contributed by atoms with Gasteiger partial charge in [0, 0.05) is 18.2 Å². The lowest BCUT2D eigenvalue weighted by Crippen LogP contribution is -2.48. The zero-order chi connectivity index (χ0) is 23.9. The number of carbonyl (C=O) groups is 3. The Hall–Kier alpha value is -4.07. The molecule has 4 N–H and O–H groups in total. The van der Waals surface area contributed by atoms with Crippen molar-refractivity contribution in [2.75, 3.05) is 5.32 Å². The fourth-order valence-corrected chi connectivity index (χ4v) is 3.53. The summed E-state index contributed by atoms with van der Waals surface area (Å²) in [5, 5.41) is 11.4. The monoisotopic (exact) mass is 460 g/mol. The molecule has 8 nitrogen and oxygen atoms in total. The van der Waals surface area contributed by atoms with E-state index >= 15 is 0 Å². The highest BCUT2D eigenvalue weighted by Gasteiger charge is 2.25. The van der Waals surface area contributed by atoms with Gasteiger partial charge < -0.3 is 25.7 Å². The van der Waals surface area contributed by atoms with Crippen molar-refractivity contribution in [2.24, 2.45) is 0 Å². The SMILES string of the molecule is CC(NC(=O)C(Cc1ccccc1)NC(=O)c1ccco1)c1ccc(NC(=O)NC2CC2)cc1. The molecule has 1 heterocycles. The lowest BCUT2D eigenvalue weighted by molar-refractivity contribution is -0.123. The van der Waals surface area contributed by atoms with Crippen molar-refractivity contribution >= 4 is 23.5 Å². The zero-order valence-corrected chi connectivity index (χ0v) is 18.9. The van der Waals surface area contributed by atoms with Crippen LogP contribution in [0, 0.1) is 0 Å². The van der Waals surface area contributed by atoms with Crippen LogP contribution in [-0.2, 0) is 11.2 Å². The predicted octanol–water partition coefficient (Wildman–Crippen LogP) is 3.78. The molecule has 3 aromatic rings. The molecule has 0 radical (unpaired) electrons. The summed E-state index contributed by atoms with van der Waals surface area (Å²) in [6.45, 7) is 1.87. The van der Waals surface area contributed by atoms with E-state index in [9.17, 15) is 14.4 Å². The summed E-state index contributed by atoms with van der Waals surface area (Å²) < 4.78 is 5.16. The number of furan rings is 1. The van der Waals surface area contributed by atoms with Crippen LogP contribution in [0.25, 0.3) is 0 Å². The Morgan fingerprint density at radius 3 is 2.32 bits per heavy atom. The van der Waals surface area contributed by atoms with Gasteiger partial charge in [-0.25, -0.2) is 4.79 Å². The van der Waals surface area contributed by atoms with Gasteiger partial charge >= 0.3 is 6.03 Å². The molecule has 0 saturated heterocycles. The average Bonchev–Trinajstić information content (AvgIpc) is 3.46. The Bertz CT molecular complexity index is 1110. The number of amides is 4. The van der Waals surface area contributed by atoms with Gasteiger partial charge in [-0.15, -0.1) is 0 Å². The van der Waals surface area contributed by atoms with Crippen LogP contribution in [0.2, 0.25) is 0 Å². The molecule has 1 aliphatic carbocycles. The molecule has 0 bridgehead atoms. The molecule has 4 amide bonds. The van der Waals surface area contributed by atoms with Crippen LogP contribution in [0.1, 0.15) is 47.5 Å². The summed E-state index contributed by atoms with van der Waals surface area (Å²) in [6.07, 6.45) is 3.80. The first-order chi connectivity index (χ1) is 16.5. The quantitative estimate of drug-likeness (QED) is 0.389. The first-order valence-electron chi connectivity index (χ1n) is 11.3. The van der Waals surface area contributed by atoms with Crippen molar-refractivity contribution < 1.29 is 18.8 Å². The fraction of sp³-hybridized carbons (Fsp3) is 0.269. The molecule has 2 unspecified atom stereocenters. The molecule has 34 heavy (non-hydrogen) atoms. The van der Waals surface area contributed by atoms with Gasteiger partial charge in [0.15, 0.2) is 5.76 Å². The highest BCUT2D eigenvalue weighted by molar-refractivity contribution is 5.95. The van der Waals surface area contributed by atoms with E-state index in [-0.39, 0.29) is 29.8 Å². The largest absolute Gasteiger partial charge is 0.459 e. The minimum atomic E-state index is -0.783. The van der Waals surface area contributed by atoms with E-state index in [2.05, 4.69) is 21.3 Å². The van der Waals surface area contributed by atoms with Crippen LogP contribution in [0.5, 0.6) is 0 Å². The first-order valence-corrected chi connectivity index (χ1v) is 11.3. The second kappa shape index (κ2) is 10.7. The van der Waals surface area contributed by atoms with Crippen molar-refractivity contribution in [3.8, 4) is 0 Å². The topological polar surface area (TPSA) is 112 Å². The third-order valence-electron chi connectivity index (χ3n) is 5.59. The maximum absolute atomic E-state index is 13.1. The van der Waals surface area contributed by atoms with E-state index in [0.717, 1.165) is 24.0 Å². The van der Waals surface area contributed by atoms with Gasteiger partial charge in [0.05, 0.1) is 12.3 Å². The molecule has 0 spiro atoms. The highest BCUT2D eigenvalue weighted by atomic mass is 16.3. The highest BCUT2D eigenvalue weighted by Crippen LogP contribution is 2.20. The minimum Gasteiger partial charge on any atom is -0.459 e. The van der Waals surface area contributed by atoms with Gasteiger partial charge in [-0.1, -0.05) is 42.5 Å². The van der Waals surface area contributed by atoms with Gasteiger partial charge in [0.25, 0.3) is 5.91 Å². The molecular formula is C26H28N4O4. The van der Waals surface area contributed by atoms with Crippen LogP contribution < -0.4 is 21.3 Å². The van der Waals surface area contributed by atoms with Crippen molar-refractivity contribution in [2.45, 2.75) is 44.3 Å². The molecular weight excluding hydrogens is 432 g/mol. The maximum Gasteiger partial charge on any atom is 0.319 e. The number of anilines is 1. The summed E-state index contributed by atoms with van der Waals surface area (Å²) in [7, 11) is 0. The number of rotatable bonds is 9. The van der Waals surface area contributed by atoms with Gasteiger partial charge in [-0.05, 0) is 55.2 Å². The number of hydrogen-bond donors (Lipinski definition) is 4. The summed E-state index contributed by atoms with van der Waals surface area (Å²) in [4.78, 5) is 37.6. The molecule has 8 heteroatoms. The van der Waals surface area contributed by atoms with Gasteiger partial charge in [0.2, 0.25) is 5.91 Å². The van der Waals surface area contributed by atoms with Crippen LogP contribution in [-0.4, -0.2) is 29.9 Å². The molecule has 1 saturated carbocycles. The van der Waals surface area contributed by atoms with Crippen molar-refractivity contribution in [1.29, 1.82) is 0 Å². The Labute approximate surface area is 198 Å². The van der Waals surface area contributed by atoms with E-state index in [1.54, 1.807) is 24.3 Å². The summed E-state index contributed by atoms with van der Waals surface area (Å²) >= 11 is 0.